The number of para-hydroxylation sites is 1. The number of carbonyl (C=O) groups excluding carboxylic acids is 2. The quantitative estimate of drug-likeness (QED) is 0.623. The Kier molecular flexibility index (Phi) is 4.38. The molecule has 0 aromatic heterocycles. The van der Waals surface area contributed by atoms with Crippen LogP contribution in [-0.2, 0) is 9.59 Å². The van der Waals surface area contributed by atoms with Gasteiger partial charge in [-0.1, -0.05) is 55.6 Å². The van der Waals surface area contributed by atoms with Crippen molar-refractivity contribution in [2.24, 2.45) is 0 Å². The van der Waals surface area contributed by atoms with Crippen molar-refractivity contribution in [2.45, 2.75) is 6.92 Å². The summed E-state index contributed by atoms with van der Waals surface area (Å²) >= 11 is 0. The van der Waals surface area contributed by atoms with Crippen LogP contribution in [0.25, 0.3) is 11.6 Å². The minimum atomic E-state index is -0.536. The van der Waals surface area contributed by atoms with E-state index in [-0.39, 0.29) is 16.7 Å². The Morgan fingerprint density at radius 3 is 2.38 bits per heavy atom. The van der Waals surface area contributed by atoms with E-state index in [1.54, 1.807) is 48.5 Å². The van der Waals surface area contributed by atoms with E-state index in [4.69, 9.17) is 0 Å². The van der Waals surface area contributed by atoms with Crippen molar-refractivity contribution < 1.29 is 9.59 Å². The van der Waals surface area contributed by atoms with Gasteiger partial charge in [0.2, 0.25) is 0 Å². The summed E-state index contributed by atoms with van der Waals surface area (Å²) in [5, 5.41) is 9.31. The number of rotatable bonds is 4. The maximum Gasteiger partial charge on any atom is 0.267 e. The summed E-state index contributed by atoms with van der Waals surface area (Å²) in [5.74, 6) is -0.997. The molecular weight excluding hydrogens is 324 g/mol. The molecule has 0 bridgehead atoms. The highest BCUT2D eigenvalue weighted by Gasteiger charge is 2.41. The Labute approximate surface area is 152 Å². The topological polar surface area (TPSA) is 61.2 Å². The normalized spacial score (nSPS) is 13.8. The van der Waals surface area contributed by atoms with Crippen LogP contribution in [0.3, 0.4) is 0 Å². The molecule has 4 nitrogen and oxygen atoms in total. The van der Waals surface area contributed by atoms with E-state index >= 15 is 0 Å². The Morgan fingerprint density at radius 2 is 1.77 bits per heavy atom. The lowest BCUT2D eigenvalue weighted by Gasteiger charge is -2.15. The molecule has 1 aliphatic rings. The fourth-order valence-corrected chi connectivity index (χ4v) is 3.07. The van der Waals surface area contributed by atoms with E-state index in [1.165, 1.54) is 0 Å². The summed E-state index contributed by atoms with van der Waals surface area (Å²) in [5.41, 5.74) is 2.95. The van der Waals surface area contributed by atoms with Crippen LogP contribution >= 0.6 is 0 Å². The van der Waals surface area contributed by atoms with Crippen LogP contribution in [0.1, 0.15) is 16.7 Å². The van der Waals surface area contributed by atoms with Gasteiger partial charge in [0.05, 0.1) is 28.5 Å². The summed E-state index contributed by atoms with van der Waals surface area (Å²) in [6.07, 6.45) is 1.69. The van der Waals surface area contributed by atoms with Crippen molar-refractivity contribution in [3.63, 3.8) is 0 Å². The van der Waals surface area contributed by atoms with E-state index in [0.717, 1.165) is 16.0 Å². The first-order valence-corrected chi connectivity index (χ1v) is 8.01. The maximum atomic E-state index is 13.2. The van der Waals surface area contributed by atoms with Crippen molar-refractivity contribution in [1.82, 2.24) is 0 Å². The van der Waals surface area contributed by atoms with Crippen molar-refractivity contribution in [3.05, 3.63) is 89.5 Å². The summed E-state index contributed by atoms with van der Waals surface area (Å²) in [7, 11) is 0. The van der Waals surface area contributed by atoms with Gasteiger partial charge in [-0.25, -0.2) is 4.90 Å². The highest BCUT2D eigenvalue weighted by molar-refractivity contribution is 6.47. The minimum absolute atomic E-state index is 0.0276. The predicted molar refractivity (Wildman–Crippen MR) is 102 cm³/mol. The van der Waals surface area contributed by atoms with Gasteiger partial charge in [-0.15, -0.1) is 0 Å². The molecule has 0 radical (unpaired) electrons. The van der Waals surface area contributed by atoms with Crippen LogP contribution in [0.2, 0.25) is 0 Å². The lowest BCUT2D eigenvalue weighted by Crippen LogP contribution is -2.31. The average Bonchev–Trinajstić information content (AvgIpc) is 2.92. The van der Waals surface area contributed by atoms with Gasteiger partial charge in [0, 0.05) is 0 Å². The third-order valence-corrected chi connectivity index (χ3v) is 4.40. The third-order valence-electron chi connectivity index (χ3n) is 4.40. The Bertz CT molecular complexity index is 1020. The molecule has 0 aliphatic carbocycles. The number of nitrogens with zero attached hydrogens (tertiary/aromatic N) is 2. The average molecular weight is 340 g/mol. The zero-order chi connectivity index (χ0) is 18.8. The molecule has 0 N–H and O–H groups in total. The number of imide groups is 1. The highest BCUT2D eigenvalue weighted by Crippen LogP contribution is 2.37. The first kappa shape index (κ1) is 17.1. The van der Waals surface area contributed by atoms with Gasteiger partial charge < -0.3 is 0 Å². The maximum absolute atomic E-state index is 13.2. The second-order valence-corrected chi connectivity index (χ2v) is 5.85. The SMILES string of the molecule is C=Cc1cccc(C2=C(C(=C)C#N)C(=O)N(c3ccccc3)C2=O)c1C. The van der Waals surface area contributed by atoms with Gasteiger partial charge in [-0.05, 0) is 35.7 Å². The molecule has 1 heterocycles. The van der Waals surface area contributed by atoms with E-state index in [1.807, 2.05) is 19.1 Å². The standard InChI is InChI=1S/C22H16N2O2/c1-4-16-9-8-12-18(15(16)3)20-19(14(2)13-23)21(25)24(22(20)26)17-10-6-5-7-11-17/h4-12H,1-2H2,3H3. The molecule has 26 heavy (non-hydrogen) atoms. The number of amides is 2. The number of nitriles is 1. The van der Waals surface area contributed by atoms with Crippen LogP contribution in [0, 0.1) is 18.3 Å². The molecule has 4 heteroatoms. The zero-order valence-electron chi connectivity index (χ0n) is 14.3. The molecule has 2 aromatic rings. The molecule has 0 unspecified atom stereocenters. The highest BCUT2D eigenvalue weighted by atomic mass is 16.2. The van der Waals surface area contributed by atoms with E-state index in [2.05, 4.69) is 13.2 Å². The molecule has 0 saturated carbocycles. The second-order valence-electron chi connectivity index (χ2n) is 5.85. The molecule has 1 aliphatic heterocycles. The van der Waals surface area contributed by atoms with E-state index in [0.29, 0.717) is 11.3 Å². The Hall–Kier alpha value is -3.71. The lowest BCUT2D eigenvalue weighted by molar-refractivity contribution is -0.120. The molecule has 0 saturated heterocycles. The smallest absolute Gasteiger partial charge is 0.267 e. The van der Waals surface area contributed by atoms with Gasteiger partial charge in [-0.3, -0.25) is 9.59 Å². The van der Waals surface area contributed by atoms with Gasteiger partial charge in [-0.2, -0.15) is 5.26 Å². The second kappa shape index (κ2) is 6.66. The van der Waals surface area contributed by atoms with Gasteiger partial charge in [0.15, 0.2) is 0 Å². The molecule has 2 aromatic carbocycles. The van der Waals surface area contributed by atoms with Gasteiger partial charge >= 0.3 is 0 Å². The van der Waals surface area contributed by atoms with Crippen LogP contribution in [0.15, 0.2) is 72.8 Å². The fraction of sp³-hybridized carbons (Fsp3) is 0.0455. The Morgan fingerprint density at radius 1 is 1.08 bits per heavy atom. The number of anilines is 1. The molecule has 0 fully saturated rings. The predicted octanol–water partition coefficient (Wildman–Crippen LogP) is 4.04. The largest absolute Gasteiger partial charge is 0.268 e. The van der Waals surface area contributed by atoms with E-state index in [9.17, 15) is 14.9 Å². The van der Waals surface area contributed by atoms with Crippen molar-refractivity contribution in [2.75, 3.05) is 4.90 Å². The number of hydrogen-bond donors (Lipinski definition) is 0. The van der Waals surface area contributed by atoms with Gasteiger partial charge in [0.25, 0.3) is 11.8 Å². The monoisotopic (exact) mass is 340 g/mol. The first-order chi connectivity index (χ1) is 12.5. The van der Waals surface area contributed by atoms with Crippen LogP contribution in [0.4, 0.5) is 5.69 Å². The molecule has 126 valence electrons. The lowest BCUT2D eigenvalue weighted by atomic mass is 9.92. The van der Waals surface area contributed by atoms with Crippen molar-refractivity contribution in [1.29, 1.82) is 5.26 Å². The summed E-state index contributed by atoms with van der Waals surface area (Å²) in [6, 6.07) is 16.0. The van der Waals surface area contributed by atoms with Crippen molar-refractivity contribution in [3.8, 4) is 6.07 Å². The molecule has 2 amide bonds. The van der Waals surface area contributed by atoms with Crippen LogP contribution < -0.4 is 4.90 Å². The zero-order valence-corrected chi connectivity index (χ0v) is 14.3. The third kappa shape index (κ3) is 2.56. The minimum Gasteiger partial charge on any atom is -0.268 e. The van der Waals surface area contributed by atoms with Crippen molar-refractivity contribution >= 4 is 29.2 Å². The summed E-state index contributed by atoms with van der Waals surface area (Å²) in [4.78, 5) is 27.2. The molecule has 0 atom stereocenters. The molecule has 0 spiro atoms. The first-order valence-electron chi connectivity index (χ1n) is 8.01. The van der Waals surface area contributed by atoms with Gasteiger partial charge in [0.1, 0.15) is 0 Å². The molecular formula is C22H16N2O2. The summed E-state index contributed by atoms with van der Waals surface area (Å²) < 4.78 is 0. The number of benzene rings is 2. The number of hydrogen-bond acceptors (Lipinski definition) is 3. The fourth-order valence-electron chi connectivity index (χ4n) is 3.07. The van der Waals surface area contributed by atoms with Crippen LogP contribution in [0.5, 0.6) is 0 Å². The summed E-state index contributed by atoms with van der Waals surface area (Å²) in [6.45, 7) is 9.31. The molecule has 3 rings (SSSR count). The van der Waals surface area contributed by atoms with E-state index < -0.39 is 11.8 Å². The van der Waals surface area contributed by atoms with Crippen LogP contribution in [-0.4, -0.2) is 11.8 Å². The number of carbonyl (C=O) groups is 2. The Balaban J connectivity index is 2.26.